The van der Waals surface area contributed by atoms with Crippen LogP contribution in [0.1, 0.15) is 0 Å². The van der Waals surface area contributed by atoms with E-state index in [9.17, 15) is 4.79 Å². The molecule has 2 aromatic carbocycles. The number of anilines is 2. The second kappa shape index (κ2) is 6.94. The molecule has 7 heteroatoms. The van der Waals surface area contributed by atoms with Crippen molar-refractivity contribution in [3.05, 3.63) is 85.2 Å². The number of hydrogen-bond acceptors (Lipinski definition) is 3. The lowest BCUT2D eigenvalue weighted by molar-refractivity contribution is 0.262. The summed E-state index contributed by atoms with van der Waals surface area (Å²) in [5, 5.41) is 14.1. The molecule has 2 aromatic heterocycles. The van der Waals surface area contributed by atoms with Gasteiger partial charge >= 0.3 is 6.03 Å². The van der Waals surface area contributed by atoms with Crippen LogP contribution in [0.15, 0.2) is 85.2 Å². The van der Waals surface area contributed by atoms with Crippen LogP contribution in [0, 0.1) is 0 Å². The number of aromatic nitrogens is 4. The molecule has 4 aromatic rings. The van der Waals surface area contributed by atoms with E-state index in [1.54, 1.807) is 33.9 Å². The number of benzene rings is 2. The van der Waals surface area contributed by atoms with Gasteiger partial charge in [-0.25, -0.2) is 14.2 Å². The van der Waals surface area contributed by atoms with Crippen LogP contribution in [-0.2, 0) is 0 Å². The molecular weight excluding hydrogens is 328 g/mol. The van der Waals surface area contributed by atoms with Gasteiger partial charge < -0.3 is 0 Å². The van der Waals surface area contributed by atoms with Crippen molar-refractivity contribution in [1.82, 2.24) is 19.6 Å². The van der Waals surface area contributed by atoms with Crippen LogP contribution in [0.3, 0.4) is 0 Å². The molecule has 0 spiro atoms. The summed E-state index contributed by atoms with van der Waals surface area (Å²) < 4.78 is 3.39. The van der Waals surface area contributed by atoms with E-state index in [1.165, 1.54) is 0 Å². The Morgan fingerprint density at radius 2 is 1.08 bits per heavy atom. The molecule has 128 valence electrons. The zero-order valence-electron chi connectivity index (χ0n) is 13.8. The summed E-state index contributed by atoms with van der Waals surface area (Å²) in [6.45, 7) is 0. The predicted molar refractivity (Wildman–Crippen MR) is 99.8 cm³/mol. The van der Waals surface area contributed by atoms with Crippen molar-refractivity contribution < 1.29 is 4.79 Å². The minimum absolute atomic E-state index is 0.401. The fraction of sp³-hybridized carbons (Fsp3) is 0. The summed E-state index contributed by atoms with van der Waals surface area (Å²) in [6, 6.07) is 22.4. The van der Waals surface area contributed by atoms with Crippen molar-refractivity contribution in [2.75, 3.05) is 10.6 Å². The van der Waals surface area contributed by atoms with Crippen molar-refractivity contribution in [3.63, 3.8) is 0 Å². The summed E-state index contributed by atoms with van der Waals surface area (Å²) in [7, 11) is 0. The molecule has 0 unspecified atom stereocenters. The standard InChI is InChI=1S/C19H16N6O/c26-19(20-17-11-13-24(22-17)15-7-3-1-4-8-15)21-18-12-14-25(23-18)16-9-5-2-6-10-16/h1-14H,(H2,20,21,22,23,26). The van der Waals surface area contributed by atoms with E-state index in [-0.39, 0.29) is 0 Å². The molecule has 0 aliphatic carbocycles. The smallest absolute Gasteiger partial charge is 0.291 e. The fourth-order valence-corrected chi connectivity index (χ4v) is 2.49. The lowest BCUT2D eigenvalue weighted by Gasteiger charge is -2.03. The second-order valence-corrected chi connectivity index (χ2v) is 5.54. The molecular formula is C19H16N6O. The molecule has 2 amide bonds. The molecule has 4 rings (SSSR count). The van der Waals surface area contributed by atoms with Gasteiger partial charge in [0, 0.05) is 24.5 Å². The molecule has 0 saturated heterocycles. The molecule has 2 heterocycles. The van der Waals surface area contributed by atoms with E-state index in [0.717, 1.165) is 11.4 Å². The highest BCUT2D eigenvalue weighted by Crippen LogP contribution is 2.12. The van der Waals surface area contributed by atoms with Crippen molar-refractivity contribution in [2.45, 2.75) is 0 Å². The molecule has 0 saturated carbocycles. The van der Waals surface area contributed by atoms with E-state index in [2.05, 4.69) is 20.8 Å². The summed E-state index contributed by atoms with van der Waals surface area (Å²) in [5.74, 6) is 0.905. The first kappa shape index (κ1) is 15.6. The van der Waals surface area contributed by atoms with Gasteiger partial charge in [0.15, 0.2) is 11.6 Å². The Morgan fingerprint density at radius 1 is 0.654 bits per heavy atom. The van der Waals surface area contributed by atoms with Gasteiger partial charge in [0.1, 0.15) is 0 Å². The maximum Gasteiger partial charge on any atom is 0.326 e. The molecule has 2 N–H and O–H groups in total. The van der Waals surface area contributed by atoms with Crippen LogP contribution in [0.2, 0.25) is 0 Å². The average Bonchev–Trinajstić information content (AvgIpc) is 3.33. The number of carbonyl (C=O) groups excluding carboxylic acids is 1. The minimum atomic E-state index is -0.401. The molecule has 7 nitrogen and oxygen atoms in total. The van der Waals surface area contributed by atoms with Gasteiger partial charge in [-0.15, -0.1) is 10.2 Å². The van der Waals surface area contributed by atoms with Crippen molar-refractivity contribution in [2.24, 2.45) is 0 Å². The van der Waals surface area contributed by atoms with Crippen molar-refractivity contribution in [3.8, 4) is 11.4 Å². The third kappa shape index (κ3) is 3.46. The number of para-hydroxylation sites is 2. The predicted octanol–water partition coefficient (Wildman–Crippen LogP) is 3.70. The van der Waals surface area contributed by atoms with E-state index in [1.807, 2.05) is 60.7 Å². The molecule has 0 radical (unpaired) electrons. The number of urea groups is 1. The average molecular weight is 344 g/mol. The molecule has 0 aliphatic heterocycles. The largest absolute Gasteiger partial charge is 0.326 e. The van der Waals surface area contributed by atoms with E-state index in [4.69, 9.17) is 0 Å². The first-order chi connectivity index (χ1) is 12.8. The summed E-state index contributed by atoms with van der Waals surface area (Å²) in [4.78, 5) is 12.2. The van der Waals surface area contributed by atoms with E-state index in [0.29, 0.717) is 11.6 Å². The Bertz CT molecular complexity index is 925. The quantitative estimate of drug-likeness (QED) is 0.592. The fourth-order valence-electron chi connectivity index (χ4n) is 2.49. The van der Waals surface area contributed by atoms with Gasteiger partial charge in [-0.3, -0.25) is 10.6 Å². The zero-order valence-corrected chi connectivity index (χ0v) is 13.8. The van der Waals surface area contributed by atoms with Gasteiger partial charge in [-0.2, -0.15) is 0 Å². The monoisotopic (exact) mass is 344 g/mol. The van der Waals surface area contributed by atoms with Crippen LogP contribution >= 0.6 is 0 Å². The first-order valence-corrected chi connectivity index (χ1v) is 8.08. The highest BCUT2D eigenvalue weighted by molar-refractivity contribution is 5.98. The third-order valence-corrected chi connectivity index (χ3v) is 3.70. The maximum atomic E-state index is 12.2. The molecule has 0 bridgehead atoms. The van der Waals surface area contributed by atoms with E-state index < -0.39 is 6.03 Å². The lowest BCUT2D eigenvalue weighted by Crippen LogP contribution is -2.20. The van der Waals surface area contributed by atoms with Gasteiger partial charge in [0.25, 0.3) is 0 Å². The Morgan fingerprint density at radius 3 is 1.50 bits per heavy atom. The molecule has 0 fully saturated rings. The van der Waals surface area contributed by atoms with E-state index >= 15 is 0 Å². The number of rotatable bonds is 4. The van der Waals surface area contributed by atoms with Crippen LogP contribution < -0.4 is 10.6 Å². The Balaban J connectivity index is 1.40. The Labute approximate surface area is 149 Å². The lowest BCUT2D eigenvalue weighted by atomic mass is 10.3. The van der Waals surface area contributed by atoms with Gasteiger partial charge in [-0.05, 0) is 24.3 Å². The van der Waals surface area contributed by atoms with Crippen molar-refractivity contribution in [1.29, 1.82) is 0 Å². The van der Waals surface area contributed by atoms with Gasteiger partial charge in [0.05, 0.1) is 11.4 Å². The Hall–Kier alpha value is -3.87. The minimum Gasteiger partial charge on any atom is -0.291 e. The van der Waals surface area contributed by atoms with Crippen LogP contribution in [0.4, 0.5) is 16.4 Å². The highest BCUT2D eigenvalue weighted by atomic mass is 16.2. The molecule has 26 heavy (non-hydrogen) atoms. The number of hydrogen-bond donors (Lipinski definition) is 2. The number of nitrogens with one attached hydrogen (secondary N) is 2. The highest BCUT2D eigenvalue weighted by Gasteiger charge is 2.08. The van der Waals surface area contributed by atoms with Crippen LogP contribution in [0.5, 0.6) is 0 Å². The second-order valence-electron chi connectivity index (χ2n) is 5.54. The summed E-state index contributed by atoms with van der Waals surface area (Å²) in [6.07, 6.45) is 3.57. The topological polar surface area (TPSA) is 76.8 Å². The first-order valence-electron chi connectivity index (χ1n) is 8.08. The van der Waals surface area contributed by atoms with Crippen molar-refractivity contribution >= 4 is 17.7 Å². The summed E-state index contributed by atoms with van der Waals surface area (Å²) >= 11 is 0. The number of amides is 2. The van der Waals surface area contributed by atoms with Crippen LogP contribution in [0.25, 0.3) is 11.4 Å². The Kier molecular flexibility index (Phi) is 4.17. The SMILES string of the molecule is O=C(Nc1ccn(-c2ccccc2)n1)Nc1ccn(-c2ccccc2)n1. The normalized spacial score (nSPS) is 10.5. The molecule has 0 aliphatic rings. The summed E-state index contributed by atoms with van der Waals surface area (Å²) in [5.41, 5.74) is 1.84. The van der Waals surface area contributed by atoms with Gasteiger partial charge in [-0.1, -0.05) is 36.4 Å². The van der Waals surface area contributed by atoms with Crippen LogP contribution in [-0.4, -0.2) is 25.6 Å². The third-order valence-electron chi connectivity index (χ3n) is 3.70. The zero-order chi connectivity index (χ0) is 17.8. The maximum absolute atomic E-state index is 12.2. The number of carbonyl (C=O) groups is 1. The van der Waals surface area contributed by atoms with Gasteiger partial charge in [0.2, 0.25) is 0 Å². The number of nitrogens with zero attached hydrogens (tertiary/aromatic N) is 4. The molecule has 0 atom stereocenters.